The van der Waals surface area contributed by atoms with Gasteiger partial charge in [-0.15, -0.1) is 0 Å². The van der Waals surface area contributed by atoms with Gasteiger partial charge in [-0.05, 0) is 37.5 Å². The summed E-state index contributed by atoms with van der Waals surface area (Å²) in [4.78, 5) is 12.2. The molecule has 1 heterocycles. The Kier molecular flexibility index (Phi) is 4.16. The van der Waals surface area contributed by atoms with Crippen molar-refractivity contribution in [2.75, 3.05) is 18.5 Å². The van der Waals surface area contributed by atoms with Crippen LogP contribution in [0.1, 0.15) is 39.2 Å². The van der Waals surface area contributed by atoms with Gasteiger partial charge in [0.05, 0.1) is 0 Å². The molecule has 4 heteroatoms. The zero-order valence-electron chi connectivity index (χ0n) is 12.5. The summed E-state index contributed by atoms with van der Waals surface area (Å²) in [6.07, 6.45) is 1.71. The number of hydrogen-bond donors (Lipinski definition) is 2. The van der Waals surface area contributed by atoms with Gasteiger partial charge in [0.25, 0.3) is 5.91 Å². The van der Waals surface area contributed by atoms with Gasteiger partial charge in [-0.1, -0.05) is 26.0 Å². The maximum atomic E-state index is 12.2. The van der Waals surface area contributed by atoms with Crippen molar-refractivity contribution in [3.05, 3.63) is 29.8 Å². The predicted molar refractivity (Wildman–Crippen MR) is 80.7 cm³/mol. The summed E-state index contributed by atoms with van der Waals surface area (Å²) in [6, 6.07) is 7.87. The van der Waals surface area contributed by atoms with Crippen LogP contribution in [-0.2, 0) is 14.9 Å². The Labute approximate surface area is 120 Å². The van der Waals surface area contributed by atoms with E-state index >= 15 is 0 Å². The molecule has 0 radical (unpaired) electrons. The third kappa shape index (κ3) is 3.02. The Morgan fingerprint density at radius 2 is 2.05 bits per heavy atom. The van der Waals surface area contributed by atoms with E-state index in [4.69, 9.17) is 10.5 Å². The molecule has 0 saturated carbocycles. The summed E-state index contributed by atoms with van der Waals surface area (Å²) in [7, 11) is 0. The van der Waals surface area contributed by atoms with Gasteiger partial charge >= 0.3 is 0 Å². The number of nitrogens with one attached hydrogen (secondary N) is 1. The van der Waals surface area contributed by atoms with E-state index in [2.05, 4.69) is 19.2 Å². The minimum absolute atomic E-state index is 0.0525. The SMILES string of the molecule is CC1(C(=O)Nc2ccc(C(C)(C)CN)cc2)CCCO1. The quantitative estimate of drug-likeness (QED) is 0.887. The molecule has 1 amide bonds. The van der Waals surface area contributed by atoms with E-state index in [1.54, 1.807) is 0 Å². The van der Waals surface area contributed by atoms with Gasteiger partial charge in [0.1, 0.15) is 5.60 Å². The molecule has 1 unspecified atom stereocenters. The van der Waals surface area contributed by atoms with Crippen LogP contribution in [0.15, 0.2) is 24.3 Å². The minimum Gasteiger partial charge on any atom is -0.365 e. The molecular weight excluding hydrogens is 252 g/mol. The van der Waals surface area contributed by atoms with Gasteiger partial charge in [0.2, 0.25) is 0 Å². The number of carbonyl (C=O) groups is 1. The van der Waals surface area contributed by atoms with E-state index in [1.807, 2.05) is 31.2 Å². The highest BCUT2D eigenvalue weighted by atomic mass is 16.5. The Bertz CT molecular complexity index is 474. The van der Waals surface area contributed by atoms with Gasteiger partial charge < -0.3 is 15.8 Å². The van der Waals surface area contributed by atoms with Crippen molar-refractivity contribution in [1.29, 1.82) is 0 Å². The third-order valence-electron chi connectivity index (χ3n) is 4.13. The molecule has 1 atom stereocenters. The summed E-state index contributed by atoms with van der Waals surface area (Å²) >= 11 is 0. The fourth-order valence-electron chi connectivity index (χ4n) is 2.34. The summed E-state index contributed by atoms with van der Waals surface area (Å²) in [6.45, 7) is 7.31. The maximum Gasteiger partial charge on any atom is 0.256 e. The lowest BCUT2D eigenvalue weighted by Crippen LogP contribution is -2.39. The van der Waals surface area contributed by atoms with Crippen LogP contribution in [0.5, 0.6) is 0 Å². The van der Waals surface area contributed by atoms with E-state index in [-0.39, 0.29) is 11.3 Å². The molecule has 1 aliphatic heterocycles. The number of ether oxygens (including phenoxy) is 1. The zero-order valence-corrected chi connectivity index (χ0v) is 12.5. The van der Waals surface area contributed by atoms with Crippen molar-refractivity contribution in [2.45, 2.75) is 44.6 Å². The molecule has 0 aliphatic carbocycles. The van der Waals surface area contributed by atoms with Gasteiger partial charge in [0.15, 0.2) is 0 Å². The summed E-state index contributed by atoms with van der Waals surface area (Å²) in [5.74, 6) is -0.0687. The highest BCUT2D eigenvalue weighted by molar-refractivity contribution is 5.97. The van der Waals surface area contributed by atoms with E-state index in [0.717, 1.165) is 18.5 Å². The number of carbonyl (C=O) groups excluding carboxylic acids is 1. The molecule has 1 aromatic carbocycles. The highest BCUT2D eigenvalue weighted by Crippen LogP contribution is 2.27. The first-order chi connectivity index (χ1) is 9.37. The second-order valence-electron chi connectivity index (χ2n) is 6.30. The van der Waals surface area contributed by atoms with Gasteiger partial charge in [-0.2, -0.15) is 0 Å². The standard InChI is InChI=1S/C16H24N2O2/c1-15(2,11-17)12-5-7-13(8-6-12)18-14(19)16(3)9-4-10-20-16/h5-8H,4,9-11,17H2,1-3H3,(H,18,19). The van der Waals surface area contributed by atoms with Crippen LogP contribution in [0.2, 0.25) is 0 Å². The first-order valence-corrected chi connectivity index (χ1v) is 7.13. The van der Waals surface area contributed by atoms with E-state index in [0.29, 0.717) is 13.2 Å². The van der Waals surface area contributed by atoms with Crippen molar-refractivity contribution in [3.63, 3.8) is 0 Å². The molecule has 1 fully saturated rings. The first kappa shape index (κ1) is 15.0. The first-order valence-electron chi connectivity index (χ1n) is 7.13. The second kappa shape index (κ2) is 5.54. The van der Waals surface area contributed by atoms with Crippen molar-refractivity contribution < 1.29 is 9.53 Å². The van der Waals surface area contributed by atoms with E-state index in [9.17, 15) is 4.79 Å². The van der Waals surface area contributed by atoms with E-state index in [1.165, 1.54) is 5.56 Å². The number of amides is 1. The largest absolute Gasteiger partial charge is 0.365 e. The second-order valence-corrected chi connectivity index (χ2v) is 6.30. The topological polar surface area (TPSA) is 64.4 Å². The van der Waals surface area contributed by atoms with Crippen LogP contribution >= 0.6 is 0 Å². The molecule has 110 valence electrons. The van der Waals surface area contributed by atoms with Crippen LogP contribution in [0.3, 0.4) is 0 Å². The molecule has 1 aliphatic rings. The smallest absolute Gasteiger partial charge is 0.256 e. The summed E-state index contributed by atoms with van der Waals surface area (Å²) < 4.78 is 5.54. The lowest BCUT2D eigenvalue weighted by atomic mass is 9.85. The average Bonchev–Trinajstić information content (AvgIpc) is 2.88. The Morgan fingerprint density at radius 3 is 2.55 bits per heavy atom. The van der Waals surface area contributed by atoms with Gasteiger partial charge in [0, 0.05) is 24.3 Å². The normalized spacial score (nSPS) is 22.8. The molecule has 0 bridgehead atoms. The van der Waals surface area contributed by atoms with Gasteiger partial charge in [-0.3, -0.25) is 4.79 Å². The lowest BCUT2D eigenvalue weighted by molar-refractivity contribution is -0.133. The molecular formula is C16H24N2O2. The number of nitrogens with two attached hydrogens (primary N) is 1. The van der Waals surface area contributed by atoms with Crippen molar-refractivity contribution >= 4 is 11.6 Å². The molecule has 0 spiro atoms. The molecule has 3 N–H and O–H groups in total. The number of hydrogen-bond acceptors (Lipinski definition) is 3. The summed E-state index contributed by atoms with van der Waals surface area (Å²) in [5.41, 5.74) is 7.00. The maximum absolute atomic E-state index is 12.2. The minimum atomic E-state index is -0.685. The van der Waals surface area contributed by atoms with Crippen LogP contribution in [0, 0.1) is 0 Å². The predicted octanol–water partition coefficient (Wildman–Crippen LogP) is 2.43. The van der Waals surface area contributed by atoms with Crippen LogP contribution in [0.4, 0.5) is 5.69 Å². The van der Waals surface area contributed by atoms with Crippen LogP contribution < -0.4 is 11.1 Å². The number of benzene rings is 1. The van der Waals surface area contributed by atoms with Crippen molar-refractivity contribution in [2.24, 2.45) is 5.73 Å². The average molecular weight is 276 g/mol. The zero-order chi connectivity index (χ0) is 14.8. The fraction of sp³-hybridized carbons (Fsp3) is 0.562. The van der Waals surface area contributed by atoms with Gasteiger partial charge in [-0.25, -0.2) is 0 Å². The fourth-order valence-corrected chi connectivity index (χ4v) is 2.34. The van der Waals surface area contributed by atoms with Crippen LogP contribution in [-0.4, -0.2) is 24.7 Å². The molecule has 1 aromatic rings. The molecule has 1 saturated heterocycles. The summed E-state index contributed by atoms with van der Waals surface area (Å²) in [5, 5.41) is 2.93. The molecule has 4 nitrogen and oxygen atoms in total. The lowest BCUT2D eigenvalue weighted by Gasteiger charge is -2.24. The third-order valence-corrected chi connectivity index (χ3v) is 4.13. The van der Waals surface area contributed by atoms with Crippen molar-refractivity contribution in [1.82, 2.24) is 0 Å². The number of anilines is 1. The molecule has 2 rings (SSSR count). The molecule has 20 heavy (non-hydrogen) atoms. The van der Waals surface area contributed by atoms with E-state index < -0.39 is 5.60 Å². The highest BCUT2D eigenvalue weighted by Gasteiger charge is 2.37. The Balaban J connectivity index is 2.06. The van der Waals surface area contributed by atoms with Crippen molar-refractivity contribution in [3.8, 4) is 0 Å². The molecule has 0 aromatic heterocycles. The van der Waals surface area contributed by atoms with Crippen LogP contribution in [0.25, 0.3) is 0 Å². The Hall–Kier alpha value is -1.39. The number of rotatable bonds is 4. The monoisotopic (exact) mass is 276 g/mol. The Morgan fingerprint density at radius 1 is 1.40 bits per heavy atom.